The van der Waals surface area contributed by atoms with Gasteiger partial charge in [-0.3, -0.25) is 0 Å². The van der Waals surface area contributed by atoms with Gasteiger partial charge in [-0.25, -0.2) is 0 Å². The van der Waals surface area contributed by atoms with E-state index in [1.54, 1.807) is 7.11 Å². The minimum Gasteiger partial charge on any atom is -0.366 e. The summed E-state index contributed by atoms with van der Waals surface area (Å²) in [6.45, 7) is 7.14. The molecule has 5 nitrogen and oxygen atoms in total. The van der Waals surface area contributed by atoms with Crippen molar-refractivity contribution in [1.29, 1.82) is 0 Å². The highest BCUT2D eigenvalue weighted by Crippen LogP contribution is 2.23. The molecule has 1 heterocycles. The highest BCUT2D eigenvalue weighted by atomic mass is 16.7. The van der Waals surface area contributed by atoms with Crippen molar-refractivity contribution < 1.29 is 24.1 Å². The van der Waals surface area contributed by atoms with Gasteiger partial charge in [-0.1, -0.05) is 20.8 Å². The zero-order valence-corrected chi connectivity index (χ0v) is 12.6. The molecule has 3 unspecified atom stereocenters. The Morgan fingerprint density at radius 1 is 1.32 bits per heavy atom. The van der Waals surface area contributed by atoms with Crippen LogP contribution in [0.4, 0.5) is 0 Å². The topological polar surface area (TPSA) is 57.2 Å². The van der Waals surface area contributed by atoms with E-state index in [-0.39, 0.29) is 24.6 Å². The molecule has 3 atom stereocenters. The summed E-state index contributed by atoms with van der Waals surface area (Å²) in [6, 6.07) is 0. The van der Waals surface area contributed by atoms with Gasteiger partial charge >= 0.3 is 0 Å². The number of ether oxygens (including phenoxy) is 4. The SMILES string of the molecule is COC(CC(C)(C)C)OCC(O)OC1CCCCO1. The first-order valence-corrected chi connectivity index (χ1v) is 7.00. The Hall–Kier alpha value is -0.200. The predicted molar refractivity (Wildman–Crippen MR) is 71.5 cm³/mol. The van der Waals surface area contributed by atoms with Gasteiger partial charge in [-0.05, 0) is 24.7 Å². The van der Waals surface area contributed by atoms with E-state index in [4.69, 9.17) is 18.9 Å². The molecule has 0 aromatic rings. The van der Waals surface area contributed by atoms with E-state index in [1.165, 1.54) is 0 Å². The van der Waals surface area contributed by atoms with Crippen molar-refractivity contribution in [3.63, 3.8) is 0 Å². The summed E-state index contributed by atoms with van der Waals surface area (Å²) in [5, 5.41) is 9.76. The highest BCUT2D eigenvalue weighted by molar-refractivity contribution is 4.64. The van der Waals surface area contributed by atoms with Gasteiger partial charge < -0.3 is 24.1 Å². The molecule has 0 aromatic carbocycles. The van der Waals surface area contributed by atoms with Crippen LogP contribution < -0.4 is 0 Å². The molecule has 0 amide bonds. The van der Waals surface area contributed by atoms with Crippen LogP contribution in [0.25, 0.3) is 0 Å². The molecular formula is C14H28O5. The first-order chi connectivity index (χ1) is 8.90. The van der Waals surface area contributed by atoms with Crippen LogP contribution >= 0.6 is 0 Å². The minimum absolute atomic E-state index is 0.0917. The summed E-state index contributed by atoms with van der Waals surface area (Å²) < 4.78 is 21.5. The van der Waals surface area contributed by atoms with Gasteiger partial charge in [0.2, 0.25) is 0 Å². The van der Waals surface area contributed by atoms with Gasteiger partial charge in [0, 0.05) is 20.1 Å². The average molecular weight is 276 g/mol. The van der Waals surface area contributed by atoms with E-state index in [2.05, 4.69) is 20.8 Å². The Balaban J connectivity index is 2.21. The Morgan fingerprint density at radius 2 is 2.05 bits per heavy atom. The van der Waals surface area contributed by atoms with Crippen molar-refractivity contribution in [3.05, 3.63) is 0 Å². The van der Waals surface area contributed by atoms with Crippen LogP contribution in [0.5, 0.6) is 0 Å². The zero-order chi connectivity index (χ0) is 14.3. The lowest BCUT2D eigenvalue weighted by molar-refractivity contribution is -0.267. The van der Waals surface area contributed by atoms with Crippen LogP contribution in [0.3, 0.4) is 0 Å². The fourth-order valence-electron chi connectivity index (χ4n) is 1.93. The maximum atomic E-state index is 9.76. The molecule has 1 saturated heterocycles. The second-order valence-corrected chi connectivity index (χ2v) is 6.15. The van der Waals surface area contributed by atoms with Crippen molar-refractivity contribution in [1.82, 2.24) is 0 Å². The molecule has 1 fully saturated rings. The minimum atomic E-state index is -0.972. The largest absolute Gasteiger partial charge is 0.366 e. The highest BCUT2D eigenvalue weighted by Gasteiger charge is 2.22. The average Bonchev–Trinajstić information content (AvgIpc) is 2.34. The number of hydrogen-bond acceptors (Lipinski definition) is 5. The quantitative estimate of drug-likeness (QED) is 0.723. The van der Waals surface area contributed by atoms with Crippen molar-refractivity contribution in [3.8, 4) is 0 Å². The number of aliphatic hydroxyl groups is 1. The molecule has 0 aromatic heterocycles. The Labute approximate surface area is 116 Å². The lowest BCUT2D eigenvalue weighted by Gasteiger charge is -2.28. The van der Waals surface area contributed by atoms with Gasteiger partial charge in [0.05, 0.1) is 0 Å². The van der Waals surface area contributed by atoms with Crippen molar-refractivity contribution in [2.75, 3.05) is 20.3 Å². The molecule has 1 aliphatic heterocycles. The van der Waals surface area contributed by atoms with Gasteiger partial charge in [0.1, 0.15) is 6.61 Å². The maximum Gasteiger partial charge on any atom is 0.181 e. The van der Waals surface area contributed by atoms with E-state index in [0.717, 1.165) is 25.7 Å². The van der Waals surface area contributed by atoms with E-state index < -0.39 is 6.29 Å². The lowest BCUT2D eigenvalue weighted by atomic mass is 9.92. The van der Waals surface area contributed by atoms with Crippen molar-refractivity contribution in [2.24, 2.45) is 5.41 Å². The summed E-state index contributed by atoms with van der Waals surface area (Å²) in [4.78, 5) is 0. The molecule has 0 radical (unpaired) electrons. The molecule has 0 bridgehead atoms. The van der Waals surface area contributed by atoms with Gasteiger partial charge in [-0.15, -0.1) is 0 Å². The standard InChI is InChI=1S/C14H28O5/c1-14(2,3)9-13(16-4)18-10-11(15)19-12-7-5-6-8-17-12/h11-13,15H,5-10H2,1-4H3. The fraction of sp³-hybridized carbons (Fsp3) is 1.00. The summed E-state index contributed by atoms with van der Waals surface area (Å²) in [7, 11) is 1.61. The first kappa shape index (κ1) is 16.9. The second-order valence-electron chi connectivity index (χ2n) is 6.15. The van der Waals surface area contributed by atoms with Crippen LogP contribution in [0.2, 0.25) is 0 Å². The fourth-order valence-corrected chi connectivity index (χ4v) is 1.93. The van der Waals surface area contributed by atoms with E-state index in [0.29, 0.717) is 6.61 Å². The molecule has 0 spiro atoms. The predicted octanol–water partition coefficient (Wildman–Crippen LogP) is 2.27. The molecule has 1 N–H and O–H groups in total. The maximum absolute atomic E-state index is 9.76. The molecule has 0 saturated carbocycles. The Kier molecular flexibility index (Phi) is 7.25. The van der Waals surface area contributed by atoms with E-state index in [9.17, 15) is 5.11 Å². The third-order valence-electron chi connectivity index (χ3n) is 2.91. The van der Waals surface area contributed by atoms with Gasteiger partial charge in [-0.2, -0.15) is 0 Å². The molecule has 19 heavy (non-hydrogen) atoms. The summed E-state index contributed by atoms with van der Waals surface area (Å²) in [5.41, 5.74) is 0.110. The third-order valence-corrected chi connectivity index (χ3v) is 2.91. The lowest BCUT2D eigenvalue weighted by Crippen LogP contribution is -2.33. The van der Waals surface area contributed by atoms with Crippen LogP contribution in [0.15, 0.2) is 0 Å². The second kappa shape index (κ2) is 8.17. The van der Waals surface area contributed by atoms with E-state index >= 15 is 0 Å². The van der Waals surface area contributed by atoms with Crippen molar-refractivity contribution >= 4 is 0 Å². The number of hydrogen-bond donors (Lipinski definition) is 1. The molecular weight excluding hydrogens is 248 g/mol. The number of methoxy groups -OCH3 is 1. The molecule has 0 aliphatic carbocycles. The smallest absolute Gasteiger partial charge is 0.181 e. The Bertz CT molecular complexity index is 232. The van der Waals surface area contributed by atoms with Gasteiger partial charge in [0.25, 0.3) is 0 Å². The van der Waals surface area contributed by atoms with Crippen LogP contribution in [-0.4, -0.2) is 44.3 Å². The van der Waals surface area contributed by atoms with Crippen molar-refractivity contribution in [2.45, 2.75) is 65.3 Å². The summed E-state index contributed by atoms with van der Waals surface area (Å²) in [6.07, 6.45) is 2.11. The zero-order valence-electron chi connectivity index (χ0n) is 12.6. The van der Waals surface area contributed by atoms with Crippen LogP contribution in [0, 0.1) is 5.41 Å². The first-order valence-electron chi connectivity index (χ1n) is 7.00. The summed E-state index contributed by atoms with van der Waals surface area (Å²) >= 11 is 0. The summed E-state index contributed by atoms with van der Waals surface area (Å²) in [5.74, 6) is 0. The number of rotatable bonds is 7. The van der Waals surface area contributed by atoms with Crippen LogP contribution in [-0.2, 0) is 18.9 Å². The number of aliphatic hydroxyl groups excluding tert-OH is 1. The molecule has 114 valence electrons. The molecule has 1 aliphatic rings. The molecule has 1 rings (SSSR count). The van der Waals surface area contributed by atoms with E-state index in [1.807, 2.05) is 0 Å². The third kappa shape index (κ3) is 7.84. The van der Waals surface area contributed by atoms with Crippen LogP contribution in [0.1, 0.15) is 46.5 Å². The normalized spacial score (nSPS) is 24.2. The Morgan fingerprint density at radius 3 is 2.58 bits per heavy atom. The molecule has 5 heteroatoms. The van der Waals surface area contributed by atoms with Gasteiger partial charge in [0.15, 0.2) is 18.9 Å². The monoisotopic (exact) mass is 276 g/mol.